The highest BCUT2D eigenvalue weighted by Crippen LogP contribution is 2.12. The molecule has 1 atom stereocenters. The first-order valence-electron chi connectivity index (χ1n) is 5.50. The Bertz CT molecular complexity index is 553. The van der Waals surface area contributed by atoms with Crippen LogP contribution in [0.4, 0.5) is 4.39 Å². The molecule has 0 aliphatic heterocycles. The smallest absolute Gasteiger partial charge is 0.252 e. The van der Waals surface area contributed by atoms with E-state index in [1.54, 1.807) is 19.9 Å². The van der Waals surface area contributed by atoms with E-state index in [0.29, 0.717) is 11.4 Å². The molecular weight excluding hydrogens is 235 g/mol. The number of aryl methyl sites for hydroxylation is 1. The number of H-pyrrole nitrogens is 1. The first-order chi connectivity index (χ1) is 8.58. The van der Waals surface area contributed by atoms with Crippen molar-refractivity contribution in [1.29, 1.82) is 0 Å². The Morgan fingerprint density at radius 2 is 2.28 bits per heavy atom. The van der Waals surface area contributed by atoms with Crippen LogP contribution in [-0.2, 0) is 0 Å². The van der Waals surface area contributed by atoms with Gasteiger partial charge in [0.1, 0.15) is 18.0 Å². The van der Waals surface area contributed by atoms with Crippen molar-refractivity contribution in [2.24, 2.45) is 0 Å². The number of carbonyl (C=O) groups is 1. The molecule has 0 spiro atoms. The molecule has 2 aromatic rings. The van der Waals surface area contributed by atoms with Gasteiger partial charge in [0.25, 0.3) is 5.91 Å². The van der Waals surface area contributed by atoms with Crippen LogP contribution in [0.1, 0.15) is 34.7 Å². The maximum absolute atomic E-state index is 13.1. The average molecular weight is 248 g/mol. The summed E-state index contributed by atoms with van der Waals surface area (Å²) in [4.78, 5) is 15.9. The van der Waals surface area contributed by atoms with Crippen LogP contribution in [0.15, 0.2) is 24.5 Å². The molecule has 94 valence electrons. The van der Waals surface area contributed by atoms with Crippen molar-refractivity contribution in [2.45, 2.75) is 19.9 Å². The van der Waals surface area contributed by atoms with Crippen LogP contribution < -0.4 is 5.32 Å². The molecule has 18 heavy (non-hydrogen) atoms. The van der Waals surface area contributed by atoms with E-state index in [-0.39, 0.29) is 11.9 Å². The van der Waals surface area contributed by atoms with Crippen molar-refractivity contribution in [3.05, 3.63) is 47.3 Å². The van der Waals surface area contributed by atoms with Gasteiger partial charge in [0.2, 0.25) is 0 Å². The average Bonchev–Trinajstić information content (AvgIpc) is 2.85. The Kier molecular flexibility index (Phi) is 3.36. The lowest BCUT2D eigenvalue weighted by Gasteiger charge is -2.12. The monoisotopic (exact) mass is 248 g/mol. The predicted octanol–water partition coefficient (Wildman–Crippen LogP) is 1.74. The van der Waals surface area contributed by atoms with Gasteiger partial charge < -0.3 is 5.32 Å². The highest BCUT2D eigenvalue weighted by molar-refractivity contribution is 5.95. The standard InChI is InChI=1S/C12H13FN4O/c1-7-3-4-9(13)5-10(7)12(18)16-8(2)11-14-6-15-17-11/h3-6,8H,1-2H3,(H,16,18)(H,14,15,17). The number of amides is 1. The largest absolute Gasteiger partial charge is 0.342 e. The Balaban J connectivity index is 2.15. The van der Waals surface area contributed by atoms with E-state index in [0.717, 1.165) is 5.56 Å². The molecule has 0 saturated carbocycles. The molecule has 0 aliphatic carbocycles. The maximum atomic E-state index is 13.1. The number of rotatable bonds is 3. The van der Waals surface area contributed by atoms with Crippen LogP contribution in [0.25, 0.3) is 0 Å². The van der Waals surface area contributed by atoms with Gasteiger partial charge in [-0.3, -0.25) is 9.89 Å². The van der Waals surface area contributed by atoms with Gasteiger partial charge in [-0.25, -0.2) is 9.37 Å². The Morgan fingerprint density at radius 3 is 2.94 bits per heavy atom. The van der Waals surface area contributed by atoms with E-state index >= 15 is 0 Å². The summed E-state index contributed by atoms with van der Waals surface area (Å²) in [7, 11) is 0. The van der Waals surface area contributed by atoms with Gasteiger partial charge in [0, 0.05) is 5.56 Å². The van der Waals surface area contributed by atoms with Crippen LogP contribution in [-0.4, -0.2) is 21.1 Å². The van der Waals surface area contributed by atoms with Crippen molar-refractivity contribution in [3.63, 3.8) is 0 Å². The minimum atomic E-state index is -0.432. The van der Waals surface area contributed by atoms with E-state index < -0.39 is 5.82 Å². The fourth-order valence-electron chi connectivity index (χ4n) is 1.61. The second-order valence-corrected chi connectivity index (χ2v) is 4.03. The fourth-order valence-corrected chi connectivity index (χ4v) is 1.61. The molecule has 2 N–H and O–H groups in total. The Morgan fingerprint density at radius 1 is 1.50 bits per heavy atom. The SMILES string of the molecule is Cc1ccc(F)cc1C(=O)NC(C)c1ncn[nH]1. The molecular formula is C12H13FN4O. The van der Waals surface area contributed by atoms with Crippen molar-refractivity contribution in [1.82, 2.24) is 20.5 Å². The number of nitrogens with zero attached hydrogens (tertiary/aromatic N) is 2. The number of aromatic amines is 1. The number of halogens is 1. The van der Waals surface area contributed by atoms with E-state index in [1.807, 2.05) is 0 Å². The molecule has 0 fully saturated rings. The maximum Gasteiger partial charge on any atom is 0.252 e. The van der Waals surface area contributed by atoms with Gasteiger partial charge >= 0.3 is 0 Å². The third-order valence-corrected chi connectivity index (χ3v) is 2.64. The summed E-state index contributed by atoms with van der Waals surface area (Å²) in [6, 6.07) is 3.80. The van der Waals surface area contributed by atoms with E-state index in [1.165, 1.54) is 18.5 Å². The quantitative estimate of drug-likeness (QED) is 0.869. The van der Waals surface area contributed by atoms with Crippen molar-refractivity contribution < 1.29 is 9.18 Å². The predicted molar refractivity (Wildman–Crippen MR) is 63.4 cm³/mol. The molecule has 1 aromatic carbocycles. The summed E-state index contributed by atoms with van der Waals surface area (Å²) in [5, 5.41) is 9.10. The van der Waals surface area contributed by atoms with Gasteiger partial charge in [0.15, 0.2) is 0 Å². The number of hydrogen-bond acceptors (Lipinski definition) is 3. The summed E-state index contributed by atoms with van der Waals surface area (Å²) >= 11 is 0. The van der Waals surface area contributed by atoms with Crippen LogP contribution in [0.2, 0.25) is 0 Å². The summed E-state index contributed by atoms with van der Waals surface area (Å²) in [5.74, 6) is -0.216. The lowest BCUT2D eigenvalue weighted by Crippen LogP contribution is -2.28. The second-order valence-electron chi connectivity index (χ2n) is 4.03. The number of nitrogens with one attached hydrogen (secondary N) is 2. The van der Waals surface area contributed by atoms with Crippen LogP contribution in [0, 0.1) is 12.7 Å². The van der Waals surface area contributed by atoms with Crippen molar-refractivity contribution in [3.8, 4) is 0 Å². The molecule has 1 heterocycles. The first kappa shape index (κ1) is 12.2. The minimum Gasteiger partial charge on any atom is -0.342 e. The molecule has 6 heteroatoms. The lowest BCUT2D eigenvalue weighted by atomic mass is 10.1. The summed E-state index contributed by atoms with van der Waals surface area (Å²) in [6.07, 6.45) is 1.37. The van der Waals surface area contributed by atoms with Gasteiger partial charge in [-0.05, 0) is 31.5 Å². The third kappa shape index (κ3) is 2.53. The molecule has 0 aliphatic rings. The molecule has 1 unspecified atom stereocenters. The third-order valence-electron chi connectivity index (χ3n) is 2.64. The van der Waals surface area contributed by atoms with E-state index in [4.69, 9.17) is 0 Å². The summed E-state index contributed by atoms with van der Waals surface area (Å²) in [5.41, 5.74) is 1.04. The first-order valence-corrected chi connectivity index (χ1v) is 5.50. The highest BCUT2D eigenvalue weighted by atomic mass is 19.1. The van der Waals surface area contributed by atoms with E-state index in [2.05, 4.69) is 20.5 Å². The second kappa shape index (κ2) is 4.95. The molecule has 0 radical (unpaired) electrons. The van der Waals surface area contributed by atoms with Gasteiger partial charge in [-0.1, -0.05) is 6.07 Å². The zero-order valence-corrected chi connectivity index (χ0v) is 10.1. The number of hydrogen-bond donors (Lipinski definition) is 2. The number of carbonyl (C=O) groups excluding carboxylic acids is 1. The van der Waals surface area contributed by atoms with E-state index in [9.17, 15) is 9.18 Å². The van der Waals surface area contributed by atoms with Gasteiger partial charge in [0.05, 0.1) is 6.04 Å². The molecule has 1 amide bonds. The van der Waals surface area contributed by atoms with Gasteiger partial charge in [-0.2, -0.15) is 5.10 Å². The number of benzene rings is 1. The summed E-state index contributed by atoms with van der Waals surface area (Å²) < 4.78 is 13.1. The van der Waals surface area contributed by atoms with Crippen LogP contribution >= 0.6 is 0 Å². The summed E-state index contributed by atoms with van der Waals surface area (Å²) in [6.45, 7) is 3.53. The number of aromatic nitrogens is 3. The van der Waals surface area contributed by atoms with Gasteiger partial charge in [-0.15, -0.1) is 0 Å². The minimum absolute atomic E-state index is 0.317. The molecule has 2 rings (SSSR count). The molecule has 0 bridgehead atoms. The molecule has 0 saturated heterocycles. The zero-order chi connectivity index (χ0) is 13.1. The van der Waals surface area contributed by atoms with Crippen LogP contribution in [0.5, 0.6) is 0 Å². The van der Waals surface area contributed by atoms with Crippen LogP contribution in [0.3, 0.4) is 0 Å². The Labute approximate surface area is 103 Å². The molecule has 1 aromatic heterocycles. The molecule has 5 nitrogen and oxygen atoms in total. The van der Waals surface area contributed by atoms with Crippen molar-refractivity contribution >= 4 is 5.91 Å². The van der Waals surface area contributed by atoms with Crippen molar-refractivity contribution in [2.75, 3.05) is 0 Å². The topological polar surface area (TPSA) is 70.7 Å². The zero-order valence-electron chi connectivity index (χ0n) is 10.1. The normalized spacial score (nSPS) is 12.2. The Hall–Kier alpha value is -2.24. The highest BCUT2D eigenvalue weighted by Gasteiger charge is 2.15. The fraction of sp³-hybridized carbons (Fsp3) is 0.250. The lowest BCUT2D eigenvalue weighted by molar-refractivity contribution is 0.0937.